The number of hydrogen-bond acceptors (Lipinski definition) is 3. The molecule has 0 unspecified atom stereocenters. The Labute approximate surface area is 123 Å². The molecule has 0 atom stereocenters. The lowest BCUT2D eigenvalue weighted by molar-refractivity contribution is -0.133. The maximum absolute atomic E-state index is 12.8. The Hall–Kier alpha value is -1.50. The molecule has 0 fully saturated rings. The van der Waals surface area contributed by atoms with Gasteiger partial charge in [0.2, 0.25) is 5.91 Å². The molecule has 1 aromatic heterocycles. The summed E-state index contributed by atoms with van der Waals surface area (Å²) in [5, 5.41) is 13.6. The minimum absolute atomic E-state index is 0.00824. The Morgan fingerprint density at radius 1 is 1.43 bits per heavy atom. The van der Waals surface area contributed by atoms with Crippen LogP contribution >= 0.6 is 0 Å². The van der Waals surface area contributed by atoms with Crippen LogP contribution in [0.3, 0.4) is 0 Å². The monoisotopic (exact) mass is 303 g/mol. The van der Waals surface area contributed by atoms with Gasteiger partial charge >= 0.3 is 6.55 Å². The molecule has 120 valence electrons. The van der Waals surface area contributed by atoms with Crippen molar-refractivity contribution in [1.29, 1.82) is 0 Å². The number of amides is 1. The Bertz CT molecular complexity index is 507. The number of nitrogens with zero attached hydrogens (tertiary/aromatic N) is 3. The average Bonchev–Trinajstić information content (AvgIpc) is 2.62. The molecule has 5 nitrogen and oxygen atoms in total. The van der Waals surface area contributed by atoms with E-state index >= 15 is 0 Å². The van der Waals surface area contributed by atoms with E-state index in [1.54, 1.807) is 20.8 Å². The van der Waals surface area contributed by atoms with Crippen LogP contribution in [0.2, 0.25) is 0 Å². The zero-order valence-electron chi connectivity index (χ0n) is 13.2. The molecule has 1 rings (SSSR count). The number of likely N-dealkylation sites (N-methyl/N-ethyl adjacent to an activating group) is 1. The highest BCUT2D eigenvalue weighted by Gasteiger charge is 2.24. The van der Waals surface area contributed by atoms with Crippen molar-refractivity contribution in [3.05, 3.63) is 17.0 Å². The van der Waals surface area contributed by atoms with Crippen molar-refractivity contribution in [2.24, 2.45) is 0 Å². The normalized spacial score (nSPS) is 12.0. The van der Waals surface area contributed by atoms with Crippen LogP contribution in [0.1, 0.15) is 44.3 Å². The fraction of sp³-hybridized carbons (Fsp3) is 0.714. The molecule has 0 aliphatic heterocycles. The van der Waals surface area contributed by atoms with Gasteiger partial charge in [-0.05, 0) is 34.6 Å². The molecule has 1 amide bonds. The standard InChI is InChI=1S/C14H23F2N3O2/c1-6-18(8-14(4,5)21)12(20)7-11-9(2)17-19(10(11)3)13(15)16/h13,21H,6-8H2,1-5H3. The maximum Gasteiger partial charge on any atom is 0.333 e. The van der Waals surface area contributed by atoms with Crippen LogP contribution in [0.4, 0.5) is 8.78 Å². The molecule has 1 N–H and O–H groups in total. The molecule has 0 saturated heterocycles. The second kappa shape index (κ2) is 6.51. The van der Waals surface area contributed by atoms with Gasteiger partial charge in [0.15, 0.2) is 0 Å². The fourth-order valence-electron chi connectivity index (χ4n) is 2.25. The molecular weight excluding hydrogens is 280 g/mol. The van der Waals surface area contributed by atoms with Gasteiger partial charge in [-0.2, -0.15) is 13.9 Å². The van der Waals surface area contributed by atoms with E-state index in [0.717, 1.165) is 0 Å². The number of aromatic nitrogens is 2. The van der Waals surface area contributed by atoms with E-state index in [9.17, 15) is 18.7 Å². The molecule has 0 bridgehead atoms. The third-order valence-corrected chi connectivity index (χ3v) is 3.30. The lowest BCUT2D eigenvalue weighted by Gasteiger charge is -2.28. The molecule has 1 heterocycles. The number of hydrogen-bond donors (Lipinski definition) is 1. The summed E-state index contributed by atoms with van der Waals surface area (Å²) < 4.78 is 26.2. The van der Waals surface area contributed by atoms with Crippen molar-refractivity contribution in [3.8, 4) is 0 Å². The van der Waals surface area contributed by atoms with Gasteiger partial charge in [-0.3, -0.25) is 4.79 Å². The number of alkyl halides is 2. The van der Waals surface area contributed by atoms with E-state index in [1.807, 2.05) is 6.92 Å². The second-order valence-corrected chi connectivity index (χ2v) is 5.77. The molecule has 0 aliphatic rings. The van der Waals surface area contributed by atoms with Crippen LogP contribution in [0.5, 0.6) is 0 Å². The Balaban J connectivity index is 2.92. The van der Waals surface area contributed by atoms with Crippen molar-refractivity contribution in [3.63, 3.8) is 0 Å². The highest BCUT2D eigenvalue weighted by atomic mass is 19.3. The Morgan fingerprint density at radius 2 is 2.00 bits per heavy atom. The molecule has 21 heavy (non-hydrogen) atoms. The van der Waals surface area contributed by atoms with Crippen molar-refractivity contribution >= 4 is 5.91 Å². The number of aliphatic hydroxyl groups is 1. The number of aryl methyl sites for hydroxylation is 1. The predicted octanol–water partition coefficient (Wildman–Crippen LogP) is 2.06. The van der Waals surface area contributed by atoms with Gasteiger partial charge < -0.3 is 10.0 Å². The van der Waals surface area contributed by atoms with Gasteiger partial charge in [-0.25, -0.2) is 4.68 Å². The van der Waals surface area contributed by atoms with Gasteiger partial charge in [0.05, 0.1) is 17.7 Å². The smallest absolute Gasteiger partial charge is 0.333 e. The summed E-state index contributed by atoms with van der Waals surface area (Å²) in [4.78, 5) is 13.8. The first-order valence-corrected chi connectivity index (χ1v) is 6.89. The zero-order chi connectivity index (χ0) is 16.4. The van der Waals surface area contributed by atoms with Gasteiger partial charge in [-0.15, -0.1) is 0 Å². The number of rotatable bonds is 6. The first-order chi connectivity index (χ1) is 9.56. The average molecular weight is 303 g/mol. The van der Waals surface area contributed by atoms with Gasteiger partial charge in [0.25, 0.3) is 0 Å². The van der Waals surface area contributed by atoms with Crippen LogP contribution < -0.4 is 0 Å². The zero-order valence-corrected chi connectivity index (χ0v) is 13.2. The van der Waals surface area contributed by atoms with Crippen LogP contribution in [0.25, 0.3) is 0 Å². The first kappa shape index (κ1) is 17.6. The Morgan fingerprint density at radius 3 is 2.38 bits per heavy atom. The Kier molecular flexibility index (Phi) is 5.44. The number of carbonyl (C=O) groups is 1. The van der Waals surface area contributed by atoms with E-state index in [1.165, 1.54) is 11.8 Å². The SMILES string of the molecule is CCN(CC(C)(C)O)C(=O)Cc1c(C)nn(C(F)F)c1C. The summed E-state index contributed by atoms with van der Waals surface area (Å²) in [6.07, 6.45) is 0.00824. The highest BCUT2D eigenvalue weighted by Crippen LogP contribution is 2.20. The largest absolute Gasteiger partial charge is 0.389 e. The summed E-state index contributed by atoms with van der Waals surface area (Å²) in [7, 11) is 0. The molecule has 0 saturated carbocycles. The third kappa shape index (κ3) is 4.49. The van der Waals surface area contributed by atoms with Crippen LogP contribution in [0.15, 0.2) is 0 Å². The van der Waals surface area contributed by atoms with Crippen molar-refractivity contribution in [1.82, 2.24) is 14.7 Å². The first-order valence-electron chi connectivity index (χ1n) is 6.89. The number of halogens is 2. The molecular formula is C14H23F2N3O2. The van der Waals surface area contributed by atoms with E-state index in [-0.39, 0.29) is 18.9 Å². The van der Waals surface area contributed by atoms with Crippen molar-refractivity contribution in [2.75, 3.05) is 13.1 Å². The summed E-state index contributed by atoms with van der Waals surface area (Å²) in [5.41, 5.74) is 0.258. The molecule has 1 aromatic rings. The minimum atomic E-state index is -2.72. The number of carbonyl (C=O) groups excluding carboxylic acids is 1. The third-order valence-electron chi connectivity index (χ3n) is 3.30. The van der Waals surface area contributed by atoms with E-state index < -0.39 is 12.2 Å². The van der Waals surface area contributed by atoms with Gasteiger partial charge in [-0.1, -0.05) is 0 Å². The van der Waals surface area contributed by atoms with Gasteiger partial charge in [0.1, 0.15) is 0 Å². The lowest BCUT2D eigenvalue weighted by atomic mass is 10.1. The van der Waals surface area contributed by atoms with Crippen LogP contribution in [-0.4, -0.2) is 44.4 Å². The highest BCUT2D eigenvalue weighted by molar-refractivity contribution is 5.79. The summed E-state index contributed by atoms with van der Waals surface area (Å²) >= 11 is 0. The van der Waals surface area contributed by atoms with E-state index in [0.29, 0.717) is 28.2 Å². The van der Waals surface area contributed by atoms with Crippen LogP contribution in [0, 0.1) is 13.8 Å². The van der Waals surface area contributed by atoms with Crippen molar-refractivity contribution in [2.45, 2.75) is 53.2 Å². The molecule has 0 spiro atoms. The summed E-state index contributed by atoms with van der Waals surface area (Å²) in [5.74, 6) is -0.209. The molecule has 0 radical (unpaired) electrons. The lowest BCUT2D eigenvalue weighted by Crippen LogP contribution is -2.42. The fourth-order valence-corrected chi connectivity index (χ4v) is 2.25. The second-order valence-electron chi connectivity index (χ2n) is 5.77. The minimum Gasteiger partial charge on any atom is -0.389 e. The molecule has 0 aromatic carbocycles. The van der Waals surface area contributed by atoms with E-state index in [4.69, 9.17) is 0 Å². The molecule has 0 aliphatic carbocycles. The molecule has 7 heteroatoms. The summed E-state index contributed by atoms with van der Waals surface area (Å²) in [6, 6.07) is 0. The van der Waals surface area contributed by atoms with E-state index in [2.05, 4.69) is 5.10 Å². The quantitative estimate of drug-likeness (QED) is 0.875. The maximum atomic E-state index is 12.8. The van der Waals surface area contributed by atoms with Crippen LogP contribution in [-0.2, 0) is 11.2 Å². The summed E-state index contributed by atoms with van der Waals surface area (Å²) in [6.45, 7) is 6.12. The van der Waals surface area contributed by atoms with Crippen molar-refractivity contribution < 1.29 is 18.7 Å². The van der Waals surface area contributed by atoms with Gasteiger partial charge in [0, 0.05) is 24.3 Å². The predicted molar refractivity (Wildman–Crippen MR) is 75.2 cm³/mol. The topological polar surface area (TPSA) is 58.4 Å².